The van der Waals surface area contributed by atoms with Gasteiger partial charge in [-0.25, -0.2) is 4.98 Å². The highest BCUT2D eigenvalue weighted by Gasteiger charge is 2.48. The molecular formula is C18H22N2O6S. The lowest BCUT2D eigenvalue weighted by Crippen LogP contribution is -2.63. The van der Waals surface area contributed by atoms with E-state index in [9.17, 15) is 20.1 Å². The molecule has 9 heteroatoms. The number of anilines is 1. The maximum absolute atomic E-state index is 12.5. The minimum Gasteiger partial charge on any atom is -0.396 e. The summed E-state index contributed by atoms with van der Waals surface area (Å²) in [7, 11) is 0. The van der Waals surface area contributed by atoms with Crippen molar-refractivity contribution in [3.8, 4) is 0 Å². The first-order valence-electron chi connectivity index (χ1n) is 8.49. The van der Waals surface area contributed by atoms with Gasteiger partial charge in [-0.3, -0.25) is 4.79 Å². The fourth-order valence-corrected chi connectivity index (χ4v) is 3.66. The van der Waals surface area contributed by atoms with Crippen LogP contribution in [0.1, 0.15) is 27.2 Å². The van der Waals surface area contributed by atoms with Crippen LogP contribution in [0.2, 0.25) is 0 Å². The normalized spacial score (nSPS) is 28.1. The van der Waals surface area contributed by atoms with E-state index in [-0.39, 0.29) is 25.4 Å². The number of thiazole rings is 1. The lowest BCUT2D eigenvalue weighted by Gasteiger charge is -2.43. The zero-order chi connectivity index (χ0) is 19.6. The summed E-state index contributed by atoms with van der Waals surface area (Å²) in [6.07, 6.45) is -2.62. The van der Waals surface area contributed by atoms with Gasteiger partial charge in [0.1, 0.15) is 17.8 Å². The number of aliphatic hydroxyl groups excluding tert-OH is 3. The molecule has 0 aliphatic carbocycles. The number of carbonyl (C=O) groups excluding carboxylic acids is 1. The fraction of sp³-hybridized carbons (Fsp3) is 0.444. The molecule has 0 bridgehead atoms. The number of hydrogen-bond acceptors (Lipinski definition) is 9. The zero-order valence-electron chi connectivity index (χ0n) is 14.7. The van der Waals surface area contributed by atoms with Crippen LogP contribution >= 0.6 is 11.3 Å². The second-order valence-electron chi connectivity index (χ2n) is 6.61. The van der Waals surface area contributed by atoms with Gasteiger partial charge in [0.25, 0.3) is 0 Å². The van der Waals surface area contributed by atoms with Gasteiger partial charge in [0, 0.05) is 18.6 Å². The smallest absolute Gasteiger partial charge is 0.204 e. The Morgan fingerprint density at radius 1 is 1.37 bits per heavy atom. The molecule has 0 amide bonds. The maximum atomic E-state index is 12.5. The number of nitrogens with one attached hydrogen (secondary N) is 1. The highest BCUT2D eigenvalue weighted by atomic mass is 32.1. The van der Waals surface area contributed by atoms with Gasteiger partial charge in [-0.2, -0.15) is 0 Å². The molecule has 1 aromatic carbocycles. The van der Waals surface area contributed by atoms with Crippen molar-refractivity contribution in [1.29, 1.82) is 0 Å². The van der Waals surface area contributed by atoms with Crippen LogP contribution in [0.5, 0.6) is 0 Å². The van der Waals surface area contributed by atoms with E-state index in [2.05, 4.69) is 10.3 Å². The molecule has 1 aromatic heterocycles. The number of hydrogen-bond donors (Lipinski definition) is 5. The summed E-state index contributed by atoms with van der Waals surface area (Å²) in [6.45, 7) is 1.33. The topological polar surface area (TPSA) is 132 Å². The Labute approximate surface area is 160 Å². The predicted octanol–water partition coefficient (Wildman–Crippen LogP) is 0.286. The Bertz CT molecular complexity index is 795. The van der Waals surface area contributed by atoms with Crippen molar-refractivity contribution in [3.63, 3.8) is 0 Å². The number of rotatable bonds is 6. The minimum absolute atomic E-state index is 0.121. The van der Waals surface area contributed by atoms with Gasteiger partial charge in [0.2, 0.25) is 5.78 Å². The van der Waals surface area contributed by atoms with Crippen LogP contribution in [0, 0.1) is 6.92 Å². The van der Waals surface area contributed by atoms with Gasteiger partial charge in [-0.05, 0) is 6.92 Å². The number of aliphatic hydroxyl groups is 4. The first-order chi connectivity index (χ1) is 12.8. The number of nitrogens with zero attached hydrogens (tertiary/aromatic N) is 1. The van der Waals surface area contributed by atoms with E-state index in [1.165, 1.54) is 6.20 Å². The Morgan fingerprint density at radius 2 is 2.07 bits per heavy atom. The van der Waals surface area contributed by atoms with E-state index in [1.807, 2.05) is 19.1 Å². The van der Waals surface area contributed by atoms with Gasteiger partial charge >= 0.3 is 0 Å². The van der Waals surface area contributed by atoms with Crippen molar-refractivity contribution in [3.05, 3.63) is 46.5 Å². The quantitative estimate of drug-likeness (QED) is 0.442. The monoisotopic (exact) mass is 394 g/mol. The molecule has 1 saturated heterocycles. The van der Waals surface area contributed by atoms with Gasteiger partial charge < -0.3 is 30.5 Å². The third-order valence-electron chi connectivity index (χ3n) is 4.55. The van der Waals surface area contributed by atoms with Crippen molar-refractivity contribution < 1.29 is 30.0 Å². The molecule has 4 atom stereocenters. The first-order valence-corrected chi connectivity index (χ1v) is 9.30. The molecule has 8 nitrogen and oxygen atoms in total. The van der Waals surface area contributed by atoms with Crippen molar-refractivity contribution in [2.75, 3.05) is 18.5 Å². The lowest BCUT2D eigenvalue weighted by molar-refractivity contribution is -0.232. The molecule has 0 radical (unpaired) electrons. The summed E-state index contributed by atoms with van der Waals surface area (Å²) in [4.78, 5) is 17.0. The average molecular weight is 394 g/mol. The van der Waals surface area contributed by atoms with E-state index >= 15 is 0 Å². The Kier molecular flexibility index (Phi) is 5.89. The van der Waals surface area contributed by atoms with Gasteiger partial charge in [0.15, 0.2) is 11.4 Å². The molecule has 0 saturated carbocycles. The van der Waals surface area contributed by atoms with Crippen molar-refractivity contribution in [1.82, 2.24) is 4.98 Å². The van der Waals surface area contributed by atoms with Gasteiger partial charge in [-0.15, -0.1) is 0 Å². The van der Waals surface area contributed by atoms with Crippen LogP contribution in [0.25, 0.3) is 0 Å². The molecule has 5 N–H and O–H groups in total. The minimum atomic E-state index is -1.72. The molecule has 27 heavy (non-hydrogen) atoms. The number of benzene rings is 1. The number of ether oxygens (including phenoxy) is 1. The molecule has 1 fully saturated rings. The van der Waals surface area contributed by atoms with Crippen LogP contribution in [-0.2, 0) is 4.74 Å². The summed E-state index contributed by atoms with van der Waals surface area (Å²) in [5.74, 6) is -0.164. The molecule has 2 aromatic rings. The highest BCUT2D eigenvalue weighted by Crippen LogP contribution is 2.29. The van der Waals surface area contributed by atoms with E-state index in [0.29, 0.717) is 15.6 Å². The molecule has 4 unspecified atom stereocenters. The molecular weight excluding hydrogens is 372 g/mol. The van der Waals surface area contributed by atoms with Gasteiger partial charge in [0.05, 0.1) is 17.7 Å². The van der Waals surface area contributed by atoms with E-state index < -0.39 is 24.0 Å². The Hall–Kier alpha value is -1.88. The largest absolute Gasteiger partial charge is 0.396 e. The summed E-state index contributed by atoms with van der Waals surface area (Å²) < 4.78 is 5.40. The zero-order valence-corrected chi connectivity index (χ0v) is 15.5. The molecule has 1 aliphatic heterocycles. The van der Waals surface area contributed by atoms with E-state index in [4.69, 9.17) is 9.84 Å². The summed E-state index contributed by atoms with van der Waals surface area (Å²) in [6, 6.07) is 7.21. The second-order valence-corrected chi connectivity index (χ2v) is 7.64. The third kappa shape index (κ3) is 4.18. The number of aromatic nitrogens is 1. The van der Waals surface area contributed by atoms with Gasteiger partial charge in [-0.1, -0.05) is 41.2 Å². The fourth-order valence-electron chi connectivity index (χ4n) is 2.86. The standard InChI is InChI=1S/C18H22N2O6S/c1-10-2-4-11(5-3-10)13(22)12-8-19-17(27-12)20-16-14(23)15(24)18(25,6-7-21)9-26-16/h2-5,8,14-16,21,23-25H,6-7,9H2,1H3,(H,19,20). The molecule has 2 heterocycles. The van der Waals surface area contributed by atoms with Crippen molar-refractivity contribution in [2.24, 2.45) is 0 Å². The lowest BCUT2D eigenvalue weighted by atomic mass is 9.87. The summed E-state index contributed by atoms with van der Waals surface area (Å²) in [5, 5.41) is 42.7. The number of ketones is 1. The van der Waals surface area contributed by atoms with Crippen LogP contribution in [-0.4, -0.2) is 68.4 Å². The average Bonchev–Trinajstić information content (AvgIpc) is 3.11. The van der Waals surface area contributed by atoms with Crippen LogP contribution in [0.15, 0.2) is 30.5 Å². The SMILES string of the molecule is Cc1ccc(C(=O)c2cnc(NC3OCC(O)(CCO)C(O)C3O)s2)cc1. The van der Waals surface area contributed by atoms with E-state index in [0.717, 1.165) is 16.9 Å². The Morgan fingerprint density at radius 3 is 2.74 bits per heavy atom. The molecule has 146 valence electrons. The van der Waals surface area contributed by atoms with Crippen molar-refractivity contribution in [2.45, 2.75) is 37.4 Å². The van der Waals surface area contributed by atoms with E-state index in [1.54, 1.807) is 12.1 Å². The first kappa shape index (κ1) is 19.9. The van der Waals surface area contributed by atoms with Crippen LogP contribution in [0.4, 0.5) is 5.13 Å². The van der Waals surface area contributed by atoms with Crippen LogP contribution < -0.4 is 5.32 Å². The predicted molar refractivity (Wildman–Crippen MR) is 98.8 cm³/mol. The molecule has 0 spiro atoms. The summed E-state index contributed by atoms with van der Waals surface area (Å²) >= 11 is 1.10. The maximum Gasteiger partial charge on any atom is 0.204 e. The molecule has 1 aliphatic rings. The second kappa shape index (κ2) is 8.01. The molecule has 3 rings (SSSR count). The highest BCUT2D eigenvalue weighted by molar-refractivity contribution is 7.17. The number of carbonyl (C=O) groups is 1. The number of aryl methyl sites for hydroxylation is 1. The third-order valence-corrected chi connectivity index (χ3v) is 5.48. The van der Waals surface area contributed by atoms with Crippen LogP contribution in [0.3, 0.4) is 0 Å². The summed E-state index contributed by atoms with van der Waals surface area (Å²) in [5.41, 5.74) is -0.113. The Balaban J connectivity index is 1.67. The van der Waals surface area contributed by atoms with Crippen molar-refractivity contribution >= 4 is 22.3 Å².